The number of hydrogen-bond acceptors (Lipinski definition) is 4. The van der Waals surface area contributed by atoms with Gasteiger partial charge in [-0.05, 0) is 31.7 Å². The SMILES string of the molecule is CCOC(=O)NC(CN=C(N)NC1CCOc2ccccc21)C1CC1.I. The fourth-order valence-corrected chi connectivity index (χ4v) is 3.05. The number of fused-ring (bicyclic) bond motifs is 1. The number of carbonyl (C=O) groups is 1. The average molecular weight is 474 g/mol. The zero-order valence-corrected chi connectivity index (χ0v) is 17.3. The van der Waals surface area contributed by atoms with E-state index in [0.29, 0.717) is 31.6 Å². The van der Waals surface area contributed by atoms with Gasteiger partial charge >= 0.3 is 6.09 Å². The molecular formula is C18H27IN4O3. The molecule has 3 rings (SSSR count). The molecule has 4 N–H and O–H groups in total. The molecule has 2 unspecified atom stereocenters. The largest absolute Gasteiger partial charge is 0.493 e. The summed E-state index contributed by atoms with van der Waals surface area (Å²) in [5.41, 5.74) is 7.17. The highest BCUT2D eigenvalue weighted by molar-refractivity contribution is 14.0. The van der Waals surface area contributed by atoms with E-state index in [1.165, 1.54) is 0 Å². The van der Waals surface area contributed by atoms with Gasteiger partial charge in [0.15, 0.2) is 5.96 Å². The summed E-state index contributed by atoms with van der Waals surface area (Å²) in [6.07, 6.45) is 2.65. The third-order valence-electron chi connectivity index (χ3n) is 4.51. The van der Waals surface area contributed by atoms with E-state index < -0.39 is 0 Å². The summed E-state index contributed by atoms with van der Waals surface area (Å²) in [5.74, 6) is 1.74. The number of nitrogens with zero attached hydrogens (tertiary/aromatic N) is 1. The van der Waals surface area contributed by atoms with Crippen molar-refractivity contribution in [3.63, 3.8) is 0 Å². The zero-order valence-electron chi connectivity index (χ0n) is 14.9. The number of carbonyl (C=O) groups excluding carboxylic acids is 1. The topological polar surface area (TPSA) is 98.0 Å². The molecule has 1 aliphatic heterocycles. The Balaban J connectivity index is 0.00000243. The molecule has 1 aromatic carbocycles. The molecule has 8 heteroatoms. The maximum absolute atomic E-state index is 11.6. The molecular weight excluding hydrogens is 447 g/mol. The van der Waals surface area contributed by atoms with Crippen LogP contribution < -0.4 is 21.1 Å². The second kappa shape index (κ2) is 9.84. The summed E-state index contributed by atoms with van der Waals surface area (Å²) in [7, 11) is 0. The van der Waals surface area contributed by atoms with Crippen molar-refractivity contribution in [2.45, 2.75) is 38.3 Å². The highest BCUT2D eigenvalue weighted by atomic mass is 127. The first-order chi connectivity index (χ1) is 12.2. The molecule has 0 aromatic heterocycles. The number of guanidine groups is 1. The zero-order chi connectivity index (χ0) is 17.6. The standard InChI is InChI=1S/C18H26N4O3.HI/c1-2-24-18(23)22-15(12-7-8-12)11-20-17(19)21-14-9-10-25-16-6-4-3-5-13(14)16;/h3-6,12,14-15H,2,7-11H2,1H3,(H,22,23)(H3,19,20,21);1H. The van der Waals surface area contributed by atoms with Crippen LogP contribution >= 0.6 is 24.0 Å². The van der Waals surface area contributed by atoms with Crippen LogP contribution in [0, 0.1) is 5.92 Å². The number of rotatable bonds is 6. The van der Waals surface area contributed by atoms with Gasteiger partial charge in [-0.2, -0.15) is 0 Å². The minimum absolute atomic E-state index is 0. The van der Waals surface area contributed by atoms with Crippen molar-refractivity contribution in [2.24, 2.45) is 16.6 Å². The lowest BCUT2D eigenvalue weighted by Crippen LogP contribution is -2.41. The second-order valence-electron chi connectivity index (χ2n) is 6.41. The molecule has 7 nitrogen and oxygen atoms in total. The lowest BCUT2D eigenvalue weighted by atomic mass is 10.0. The van der Waals surface area contributed by atoms with Gasteiger partial charge in [-0.3, -0.25) is 4.99 Å². The lowest BCUT2D eigenvalue weighted by molar-refractivity contribution is 0.147. The first-order valence-electron chi connectivity index (χ1n) is 8.89. The van der Waals surface area contributed by atoms with Gasteiger partial charge in [-0.15, -0.1) is 24.0 Å². The molecule has 0 saturated heterocycles. The minimum atomic E-state index is -0.389. The first-order valence-corrected chi connectivity index (χ1v) is 8.89. The predicted octanol–water partition coefficient (Wildman–Crippen LogP) is 2.56. The monoisotopic (exact) mass is 474 g/mol. The Labute approximate surface area is 171 Å². The Morgan fingerprint density at radius 2 is 2.15 bits per heavy atom. The van der Waals surface area contributed by atoms with Crippen molar-refractivity contribution in [1.29, 1.82) is 0 Å². The maximum atomic E-state index is 11.6. The van der Waals surface area contributed by atoms with Crippen molar-refractivity contribution >= 4 is 36.0 Å². The van der Waals surface area contributed by atoms with E-state index in [-0.39, 0.29) is 42.2 Å². The third-order valence-corrected chi connectivity index (χ3v) is 4.51. The quantitative estimate of drug-likeness (QED) is 0.335. The Kier molecular flexibility index (Phi) is 7.80. The molecule has 0 bridgehead atoms. The van der Waals surface area contributed by atoms with Gasteiger partial charge in [-0.1, -0.05) is 18.2 Å². The van der Waals surface area contributed by atoms with E-state index in [1.807, 2.05) is 24.3 Å². The van der Waals surface area contributed by atoms with E-state index in [1.54, 1.807) is 6.92 Å². The Hall–Kier alpha value is -1.71. The summed E-state index contributed by atoms with van der Waals surface area (Å²) in [5, 5.41) is 6.15. The van der Waals surface area contributed by atoms with Crippen molar-refractivity contribution in [2.75, 3.05) is 19.8 Å². The number of para-hydroxylation sites is 1. The Morgan fingerprint density at radius 1 is 1.38 bits per heavy atom. The Morgan fingerprint density at radius 3 is 2.88 bits per heavy atom. The van der Waals surface area contributed by atoms with E-state index in [2.05, 4.69) is 15.6 Å². The summed E-state index contributed by atoms with van der Waals surface area (Å²) in [6.45, 7) is 3.25. The number of nitrogens with two attached hydrogens (primary N) is 1. The van der Waals surface area contributed by atoms with Gasteiger partial charge in [0.25, 0.3) is 0 Å². The Bertz CT molecular complexity index is 637. The van der Waals surface area contributed by atoms with E-state index in [9.17, 15) is 4.79 Å². The number of aliphatic imine (C=N–C) groups is 1. The van der Waals surface area contributed by atoms with Gasteiger partial charge in [0.1, 0.15) is 5.75 Å². The predicted molar refractivity (Wildman–Crippen MR) is 111 cm³/mol. The van der Waals surface area contributed by atoms with Crippen LogP contribution in [-0.4, -0.2) is 37.9 Å². The molecule has 2 atom stereocenters. The molecule has 1 fully saturated rings. The van der Waals surface area contributed by atoms with Crippen LogP contribution in [0.5, 0.6) is 5.75 Å². The number of halogens is 1. The maximum Gasteiger partial charge on any atom is 0.407 e. The number of nitrogens with one attached hydrogen (secondary N) is 2. The van der Waals surface area contributed by atoms with Crippen LogP contribution in [0.3, 0.4) is 0 Å². The first kappa shape index (κ1) is 20.6. The smallest absolute Gasteiger partial charge is 0.407 e. The number of ether oxygens (including phenoxy) is 2. The van der Waals surface area contributed by atoms with Gasteiger partial charge in [0.05, 0.1) is 31.8 Å². The number of hydrogen-bond donors (Lipinski definition) is 3. The minimum Gasteiger partial charge on any atom is -0.493 e. The van der Waals surface area contributed by atoms with E-state index in [4.69, 9.17) is 15.2 Å². The molecule has 0 spiro atoms. The number of benzene rings is 1. The molecule has 1 aromatic rings. The van der Waals surface area contributed by atoms with Crippen molar-refractivity contribution in [3.05, 3.63) is 29.8 Å². The van der Waals surface area contributed by atoms with Gasteiger partial charge in [-0.25, -0.2) is 4.79 Å². The van der Waals surface area contributed by atoms with Crippen LogP contribution in [-0.2, 0) is 4.74 Å². The summed E-state index contributed by atoms with van der Waals surface area (Å²) >= 11 is 0. The fraction of sp³-hybridized carbons (Fsp3) is 0.556. The van der Waals surface area contributed by atoms with Crippen molar-refractivity contribution in [1.82, 2.24) is 10.6 Å². The van der Waals surface area contributed by atoms with Crippen LogP contribution in [0.25, 0.3) is 0 Å². The summed E-state index contributed by atoms with van der Waals surface area (Å²) < 4.78 is 10.6. The molecule has 1 saturated carbocycles. The van der Waals surface area contributed by atoms with Gasteiger partial charge < -0.3 is 25.8 Å². The molecule has 0 radical (unpaired) electrons. The van der Waals surface area contributed by atoms with E-state index >= 15 is 0 Å². The molecule has 1 aliphatic carbocycles. The highest BCUT2D eigenvalue weighted by Crippen LogP contribution is 2.33. The molecule has 1 amide bonds. The normalized spacial score (nSPS) is 20.0. The highest BCUT2D eigenvalue weighted by Gasteiger charge is 2.32. The van der Waals surface area contributed by atoms with Crippen LogP contribution in [0.2, 0.25) is 0 Å². The molecule has 26 heavy (non-hydrogen) atoms. The lowest BCUT2D eigenvalue weighted by Gasteiger charge is -2.27. The van der Waals surface area contributed by atoms with Crippen LogP contribution in [0.4, 0.5) is 4.79 Å². The van der Waals surface area contributed by atoms with Gasteiger partial charge in [0.2, 0.25) is 0 Å². The number of alkyl carbamates (subject to hydrolysis) is 1. The van der Waals surface area contributed by atoms with Crippen molar-refractivity contribution in [3.8, 4) is 5.75 Å². The van der Waals surface area contributed by atoms with Crippen LogP contribution in [0.1, 0.15) is 37.8 Å². The molecule has 1 heterocycles. The van der Waals surface area contributed by atoms with Gasteiger partial charge in [0, 0.05) is 12.0 Å². The average Bonchev–Trinajstić information content (AvgIpc) is 3.44. The second-order valence-corrected chi connectivity index (χ2v) is 6.41. The van der Waals surface area contributed by atoms with Crippen molar-refractivity contribution < 1.29 is 14.3 Å². The molecule has 144 valence electrons. The van der Waals surface area contributed by atoms with E-state index in [0.717, 1.165) is 30.6 Å². The number of amides is 1. The summed E-state index contributed by atoms with van der Waals surface area (Å²) in [6, 6.07) is 8.01. The summed E-state index contributed by atoms with van der Waals surface area (Å²) in [4.78, 5) is 16.1. The fourth-order valence-electron chi connectivity index (χ4n) is 3.05. The third kappa shape index (κ3) is 5.65. The van der Waals surface area contributed by atoms with Crippen LogP contribution in [0.15, 0.2) is 29.3 Å². The molecule has 2 aliphatic rings.